The summed E-state index contributed by atoms with van der Waals surface area (Å²) in [4.78, 5) is 34.2. The number of carbonyl (C=O) groups excluding carboxylic acids is 1. The van der Waals surface area contributed by atoms with Crippen molar-refractivity contribution in [1.29, 1.82) is 0 Å². The number of aromatic nitrogens is 2. The number of urea groups is 1. The number of carboxylic acids is 1. The Kier molecular flexibility index (Phi) is 8.22. The summed E-state index contributed by atoms with van der Waals surface area (Å²) in [6, 6.07) is 31.5. The molecule has 1 aromatic heterocycles. The first-order valence-corrected chi connectivity index (χ1v) is 15.0. The number of amides is 2. The van der Waals surface area contributed by atoms with Crippen LogP contribution in [0.15, 0.2) is 97.1 Å². The number of carboxylic acid groups (broad SMARTS) is 1. The van der Waals surface area contributed by atoms with E-state index in [1.165, 1.54) is 0 Å². The van der Waals surface area contributed by atoms with Crippen LogP contribution < -0.4 is 4.90 Å². The van der Waals surface area contributed by atoms with Crippen LogP contribution in [0.5, 0.6) is 0 Å². The molecule has 4 aromatic carbocycles. The molecular formula is C36H36N4O3. The number of unbranched alkanes of at least 4 members (excludes halogenated alkanes) is 1. The number of aromatic carboxylic acids is 1. The molecule has 1 N–H and O–H groups in total. The first-order chi connectivity index (χ1) is 21.0. The summed E-state index contributed by atoms with van der Waals surface area (Å²) in [6.45, 7) is 4.85. The van der Waals surface area contributed by atoms with Gasteiger partial charge in [0.2, 0.25) is 0 Å². The molecule has 1 aliphatic heterocycles. The third-order valence-electron chi connectivity index (χ3n) is 8.17. The van der Waals surface area contributed by atoms with Crippen LogP contribution in [0, 0.1) is 0 Å². The zero-order chi connectivity index (χ0) is 29.8. The van der Waals surface area contributed by atoms with Crippen LogP contribution in [0.2, 0.25) is 0 Å². The number of fused-ring (bicyclic) bond motifs is 1. The van der Waals surface area contributed by atoms with E-state index in [4.69, 9.17) is 4.98 Å². The fourth-order valence-electron chi connectivity index (χ4n) is 5.90. The Morgan fingerprint density at radius 3 is 2.37 bits per heavy atom. The Labute approximate surface area is 252 Å². The highest BCUT2D eigenvalue weighted by atomic mass is 16.4. The number of anilines is 1. The van der Waals surface area contributed by atoms with Crippen molar-refractivity contribution in [2.45, 2.75) is 45.7 Å². The minimum atomic E-state index is -0.934. The number of hydrogen-bond acceptors (Lipinski definition) is 3. The molecule has 0 saturated carbocycles. The Hall–Kier alpha value is -4.91. The maximum atomic E-state index is 13.6. The smallest absolute Gasteiger partial charge is 0.336 e. The van der Waals surface area contributed by atoms with Crippen molar-refractivity contribution in [1.82, 2.24) is 14.5 Å². The molecule has 2 amide bonds. The van der Waals surface area contributed by atoms with Crippen LogP contribution in [0.1, 0.15) is 53.5 Å². The first kappa shape index (κ1) is 28.2. The fourth-order valence-corrected chi connectivity index (χ4v) is 5.90. The van der Waals surface area contributed by atoms with Crippen molar-refractivity contribution >= 4 is 28.7 Å². The van der Waals surface area contributed by atoms with E-state index < -0.39 is 5.97 Å². The van der Waals surface area contributed by atoms with Crippen molar-refractivity contribution < 1.29 is 14.7 Å². The van der Waals surface area contributed by atoms with E-state index in [0.717, 1.165) is 71.5 Å². The van der Waals surface area contributed by atoms with E-state index in [1.807, 2.05) is 64.4 Å². The number of rotatable bonds is 10. The molecule has 0 spiro atoms. The molecule has 1 aliphatic rings. The molecule has 43 heavy (non-hydrogen) atoms. The summed E-state index contributed by atoms with van der Waals surface area (Å²) in [5.74, 6) is 0.0984. The molecule has 0 atom stereocenters. The first-order valence-electron chi connectivity index (χ1n) is 15.0. The second-order valence-corrected chi connectivity index (χ2v) is 11.1. The molecule has 6 rings (SSSR count). The lowest BCUT2D eigenvalue weighted by Crippen LogP contribution is -2.49. The number of benzene rings is 4. The summed E-state index contributed by atoms with van der Waals surface area (Å²) < 4.78 is 2.27. The van der Waals surface area contributed by atoms with Crippen molar-refractivity contribution in [2.24, 2.45) is 0 Å². The second kappa shape index (κ2) is 12.5. The van der Waals surface area contributed by atoms with Crippen LogP contribution in [0.4, 0.5) is 10.5 Å². The Morgan fingerprint density at radius 2 is 1.60 bits per heavy atom. The standard InChI is InChI=1S/C36H36N4O3/c1-2-3-14-34-37-32-20-19-29(39-22-9-21-38(36(39)43)24-26-10-5-4-6-11-26)23-33(32)40(34)25-27-15-17-28(18-16-27)30-12-7-8-13-31(30)35(41)42/h4-8,10-13,15-20,23H,2-3,9,14,21-22,24-25H2,1H3,(H,41,42). The molecular weight excluding hydrogens is 536 g/mol. The lowest BCUT2D eigenvalue weighted by Gasteiger charge is -2.35. The molecule has 7 nitrogen and oxygen atoms in total. The van der Waals surface area contributed by atoms with Gasteiger partial charge in [0.25, 0.3) is 0 Å². The third kappa shape index (κ3) is 6.02. The van der Waals surface area contributed by atoms with Gasteiger partial charge in [0.05, 0.1) is 16.6 Å². The summed E-state index contributed by atoms with van der Waals surface area (Å²) in [6.07, 6.45) is 3.90. The minimum Gasteiger partial charge on any atom is -0.478 e. The SMILES string of the molecule is CCCCc1nc2ccc(N3CCCN(Cc4ccccc4)C3=O)cc2n1Cc1ccc(-c2ccccc2C(=O)O)cc1. The molecule has 1 saturated heterocycles. The Morgan fingerprint density at radius 1 is 0.860 bits per heavy atom. The van der Waals surface area contributed by atoms with Gasteiger partial charge in [-0.2, -0.15) is 0 Å². The molecule has 0 radical (unpaired) electrons. The van der Waals surface area contributed by atoms with Gasteiger partial charge in [-0.1, -0.05) is 86.1 Å². The van der Waals surface area contributed by atoms with Gasteiger partial charge >= 0.3 is 12.0 Å². The molecule has 218 valence electrons. The van der Waals surface area contributed by atoms with Crippen molar-refractivity contribution in [3.05, 3.63) is 120 Å². The molecule has 0 unspecified atom stereocenters. The summed E-state index contributed by atoms with van der Waals surface area (Å²) in [7, 11) is 0. The number of carbonyl (C=O) groups is 2. The van der Waals surface area contributed by atoms with Gasteiger partial charge in [-0.15, -0.1) is 0 Å². The minimum absolute atomic E-state index is 0.0314. The zero-order valence-corrected chi connectivity index (χ0v) is 24.4. The molecule has 0 bridgehead atoms. The monoisotopic (exact) mass is 572 g/mol. The van der Waals surface area contributed by atoms with E-state index in [0.29, 0.717) is 30.8 Å². The van der Waals surface area contributed by atoms with Gasteiger partial charge in [0.15, 0.2) is 0 Å². The largest absolute Gasteiger partial charge is 0.478 e. The number of nitrogens with zero attached hydrogens (tertiary/aromatic N) is 4. The molecule has 2 heterocycles. The van der Waals surface area contributed by atoms with Crippen LogP contribution in [-0.2, 0) is 19.5 Å². The van der Waals surface area contributed by atoms with E-state index in [9.17, 15) is 14.7 Å². The van der Waals surface area contributed by atoms with Gasteiger partial charge < -0.3 is 14.6 Å². The van der Waals surface area contributed by atoms with Gasteiger partial charge in [0, 0.05) is 38.3 Å². The summed E-state index contributed by atoms with van der Waals surface area (Å²) in [5, 5.41) is 9.63. The van der Waals surface area contributed by atoms with Gasteiger partial charge in [-0.05, 0) is 59.4 Å². The highest BCUT2D eigenvalue weighted by molar-refractivity contribution is 5.96. The van der Waals surface area contributed by atoms with Crippen molar-refractivity contribution in [3.8, 4) is 11.1 Å². The lowest BCUT2D eigenvalue weighted by molar-refractivity contribution is 0.0697. The van der Waals surface area contributed by atoms with Crippen LogP contribution in [0.3, 0.4) is 0 Å². The summed E-state index contributed by atoms with van der Waals surface area (Å²) in [5.41, 5.74) is 6.92. The molecule has 0 aliphatic carbocycles. The summed E-state index contributed by atoms with van der Waals surface area (Å²) >= 11 is 0. The molecule has 7 heteroatoms. The average Bonchev–Trinajstić information content (AvgIpc) is 3.38. The topological polar surface area (TPSA) is 78.7 Å². The van der Waals surface area contributed by atoms with E-state index >= 15 is 0 Å². The quantitative estimate of drug-likeness (QED) is 0.187. The normalized spacial score (nSPS) is 13.6. The van der Waals surface area contributed by atoms with Gasteiger partial charge in [-0.3, -0.25) is 4.90 Å². The van der Waals surface area contributed by atoms with Crippen LogP contribution in [-0.4, -0.2) is 44.6 Å². The van der Waals surface area contributed by atoms with Crippen LogP contribution >= 0.6 is 0 Å². The van der Waals surface area contributed by atoms with Crippen molar-refractivity contribution in [3.63, 3.8) is 0 Å². The number of imidazole rings is 1. The zero-order valence-electron chi connectivity index (χ0n) is 24.4. The predicted molar refractivity (Wildman–Crippen MR) is 170 cm³/mol. The lowest BCUT2D eigenvalue weighted by atomic mass is 9.99. The highest BCUT2D eigenvalue weighted by Crippen LogP contribution is 2.29. The molecule has 5 aromatic rings. The fraction of sp³-hybridized carbons (Fsp3) is 0.250. The highest BCUT2D eigenvalue weighted by Gasteiger charge is 2.27. The Balaban J connectivity index is 1.30. The van der Waals surface area contributed by atoms with Gasteiger partial charge in [0.1, 0.15) is 5.82 Å². The van der Waals surface area contributed by atoms with E-state index in [1.54, 1.807) is 12.1 Å². The van der Waals surface area contributed by atoms with Crippen LogP contribution in [0.25, 0.3) is 22.2 Å². The maximum absolute atomic E-state index is 13.6. The third-order valence-corrected chi connectivity index (χ3v) is 8.17. The van der Waals surface area contributed by atoms with Gasteiger partial charge in [-0.25, -0.2) is 14.6 Å². The predicted octanol–water partition coefficient (Wildman–Crippen LogP) is 7.62. The van der Waals surface area contributed by atoms with Crippen molar-refractivity contribution in [2.75, 3.05) is 18.0 Å². The Bertz CT molecular complexity index is 1740. The maximum Gasteiger partial charge on any atom is 0.336 e. The van der Waals surface area contributed by atoms with E-state index in [2.05, 4.69) is 41.8 Å². The van der Waals surface area contributed by atoms with E-state index in [-0.39, 0.29) is 6.03 Å². The molecule has 1 fully saturated rings. The number of hydrogen-bond donors (Lipinski definition) is 1. The second-order valence-electron chi connectivity index (χ2n) is 11.1. The average molecular weight is 573 g/mol. The number of aryl methyl sites for hydroxylation is 1.